The second-order valence-electron chi connectivity index (χ2n) is 3.02. The molecular formula is C10H20I2O2. The van der Waals surface area contributed by atoms with Gasteiger partial charge in [0, 0.05) is 11.0 Å². The van der Waals surface area contributed by atoms with Gasteiger partial charge in [0.1, 0.15) is 0 Å². The molecule has 0 radical (unpaired) electrons. The van der Waals surface area contributed by atoms with Crippen LogP contribution in [0.4, 0.5) is 0 Å². The van der Waals surface area contributed by atoms with Crippen LogP contribution in [0.15, 0.2) is 0 Å². The first-order chi connectivity index (χ1) is 6.91. The summed E-state index contributed by atoms with van der Waals surface area (Å²) in [7, 11) is 0. The molecule has 14 heavy (non-hydrogen) atoms. The summed E-state index contributed by atoms with van der Waals surface area (Å²) in [5.41, 5.74) is 0. The molecular weight excluding hydrogens is 406 g/mol. The Kier molecular flexibility index (Phi) is 15.8. The van der Waals surface area contributed by atoms with Gasteiger partial charge in [0.2, 0.25) is 0 Å². The van der Waals surface area contributed by atoms with Gasteiger partial charge in [0.25, 0.3) is 0 Å². The number of hydrogen-bond donors (Lipinski definition) is 0. The molecule has 4 heteroatoms. The lowest BCUT2D eigenvalue weighted by molar-refractivity contribution is 0.0528. The van der Waals surface area contributed by atoms with Gasteiger partial charge in [0.15, 0.2) is 0 Å². The van der Waals surface area contributed by atoms with Crippen molar-refractivity contribution in [2.24, 2.45) is 0 Å². The number of alkyl halides is 2. The van der Waals surface area contributed by atoms with E-state index >= 15 is 0 Å². The zero-order valence-electron chi connectivity index (χ0n) is 8.64. The molecule has 2 nitrogen and oxygen atoms in total. The minimum absolute atomic E-state index is 0.747. The molecule has 0 aliphatic heterocycles. The molecule has 0 bridgehead atoms. The highest BCUT2D eigenvalue weighted by molar-refractivity contribution is 14.1. The van der Waals surface area contributed by atoms with Crippen molar-refractivity contribution < 1.29 is 9.47 Å². The van der Waals surface area contributed by atoms with Crippen LogP contribution in [-0.4, -0.2) is 35.3 Å². The summed E-state index contributed by atoms with van der Waals surface area (Å²) < 4.78 is 13.1. The van der Waals surface area contributed by atoms with E-state index in [9.17, 15) is 0 Å². The lowest BCUT2D eigenvalue weighted by atomic mass is 10.2. The molecule has 0 unspecified atom stereocenters. The van der Waals surface area contributed by atoms with Gasteiger partial charge in [-0.2, -0.15) is 0 Å². The maximum atomic E-state index is 5.43. The average molecular weight is 426 g/mol. The van der Waals surface area contributed by atoms with Gasteiger partial charge in [-0.05, 0) is 17.3 Å². The van der Waals surface area contributed by atoms with Crippen LogP contribution in [0.2, 0.25) is 0 Å². The van der Waals surface area contributed by atoms with E-state index in [0.29, 0.717) is 0 Å². The van der Waals surface area contributed by atoms with E-state index in [1.807, 2.05) is 0 Å². The van der Waals surface area contributed by atoms with Gasteiger partial charge < -0.3 is 9.47 Å². The molecule has 0 aromatic heterocycles. The Labute approximate surface area is 115 Å². The van der Waals surface area contributed by atoms with Crippen molar-refractivity contribution >= 4 is 45.2 Å². The molecule has 0 aromatic carbocycles. The average Bonchev–Trinajstić information content (AvgIpc) is 2.21. The minimum atomic E-state index is 0.747. The van der Waals surface area contributed by atoms with Crippen molar-refractivity contribution in [1.82, 2.24) is 0 Å². The summed E-state index contributed by atoms with van der Waals surface area (Å²) in [6.07, 6.45) is 5.19. The van der Waals surface area contributed by atoms with Crippen LogP contribution in [0.1, 0.15) is 25.7 Å². The SMILES string of the molecule is ICCCCCCOCCOCCI. The van der Waals surface area contributed by atoms with Crippen LogP contribution >= 0.6 is 45.2 Å². The highest BCUT2D eigenvalue weighted by atomic mass is 127. The summed E-state index contributed by atoms with van der Waals surface area (Å²) in [5.74, 6) is 0. The zero-order valence-corrected chi connectivity index (χ0v) is 13.0. The maximum absolute atomic E-state index is 5.43. The minimum Gasteiger partial charge on any atom is -0.379 e. The number of rotatable bonds is 11. The van der Waals surface area contributed by atoms with Crippen LogP contribution in [-0.2, 0) is 9.47 Å². The summed E-state index contributed by atoms with van der Waals surface area (Å²) in [6, 6.07) is 0. The topological polar surface area (TPSA) is 18.5 Å². The van der Waals surface area contributed by atoms with Crippen LogP contribution in [0.3, 0.4) is 0 Å². The Morgan fingerprint density at radius 2 is 1.21 bits per heavy atom. The quantitative estimate of drug-likeness (QED) is 0.287. The monoisotopic (exact) mass is 426 g/mol. The highest BCUT2D eigenvalue weighted by Gasteiger charge is 1.91. The van der Waals surface area contributed by atoms with Gasteiger partial charge in [-0.1, -0.05) is 58.0 Å². The van der Waals surface area contributed by atoms with E-state index in [1.54, 1.807) is 0 Å². The predicted molar refractivity (Wildman–Crippen MR) is 77.9 cm³/mol. The Morgan fingerprint density at radius 1 is 0.571 bits per heavy atom. The van der Waals surface area contributed by atoms with Crippen LogP contribution in [0.5, 0.6) is 0 Å². The summed E-state index contributed by atoms with van der Waals surface area (Å²) >= 11 is 4.73. The standard InChI is InChI=1S/C10H20I2O2/c11-5-3-1-2-4-7-13-9-10-14-8-6-12/h1-10H2. The third kappa shape index (κ3) is 13.4. The molecule has 0 amide bonds. The van der Waals surface area contributed by atoms with E-state index in [-0.39, 0.29) is 0 Å². The smallest absolute Gasteiger partial charge is 0.0700 e. The fraction of sp³-hybridized carbons (Fsp3) is 1.00. The van der Waals surface area contributed by atoms with Crippen molar-refractivity contribution in [2.75, 3.05) is 35.3 Å². The molecule has 0 rings (SSSR count). The molecule has 0 aromatic rings. The van der Waals surface area contributed by atoms with Gasteiger partial charge >= 0.3 is 0 Å². The number of hydrogen-bond acceptors (Lipinski definition) is 2. The second-order valence-corrected chi connectivity index (χ2v) is 5.17. The van der Waals surface area contributed by atoms with E-state index in [0.717, 1.165) is 30.9 Å². The first-order valence-electron chi connectivity index (χ1n) is 5.19. The van der Waals surface area contributed by atoms with Crippen molar-refractivity contribution in [3.63, 3.8) is 0 Å². The molecule has 0 aliphatic rings. The number of unbranched alkanes of at least 4 members (excludes halogenated alkanes) is 3. The predicted octanol–water partition coefficient (Wildman–Crippen LogP) is 3.45. The molecule has 0 atom stereocenters. The first-order valence-corrected chi connectivity index (χ1v) is 8.24. The summed E-state index contributed by atoms with van der Waals surface area (Å²) in [5, 5.41) is 0. The molecule has 0 saturated heterocycles. The van der Waals surface area contributed by atoms with E-state index in [1.165, 1.54) is 30.1 Å². The molecule has 0 spiro atoms. The van der Waals surface area contributed by atoms with E-state index in [4.69, 9.17) is 9.47 Å². The van der Waals surface area contributed by atoms with Crippen LogP contribution in [0, 0.1) is 0 Å². The van der Waals surface area contributed by atoms with Gasteiger partial charge in [-0.15, -0.1) is 0 Å². The molecule has 0 N–H and O–H groups in total. The lowest BCUT2D eigenvalue weighted by Crippen LogP contribution is -2.06. The lowest BCUT2D eigenvalue weighted by Gasteiger charge is -2.04. The number of ether oxygens (including phenoxy) is 2. The van der Waals surface area contributed by atoms with Crippen molar-refractivity contribution in [3.8, 4) is 0 Å². The Bertz CT molecular complexity index is 90.1. The molecule has 0 saturated carbocycles. The fourth-order valence-electron chi connectivity index (χ4n) is 1.03. The molecule has 0 aliphatic carbocycles. The highest BCUT2D eigenvalue weighted by Crippen LogP contribution is 2.02. The molecule has 0 fully saturated rings. The van der Waals surface area contributed by atoms with Gasteiger partial charge in [-0.3, -0.25) is 0 Å². The Hall–Kier alpha value is 1.38. The van der Waals surface area contributed by atoms with E-state index < -0.39 is 0 Å². The van der Waals surface area contributed by atoms with Crippen molar-refractivity contribution in [2.45, 2.75) is 25.7 Å². The first kappa shape index (κ1) is 15.4. The number of halogens is 2. The Morgan fingerprint density at radius 3 is 1.86 bits per heavy atom. The van der Waals surface area contributed by atoms with Crippen molar-refractivity contribution in [3.05, 3.63) is 0 Å². The third-order valence-corrected chi connectivity index (χ3v) is 2.97. The molecule has 86 valence electrons. The largest absolute Gasteiger partial charge is 0.379 e. The van der Waals surface area contributed by atoms with E-state index in [2.05, 4.69) is 45.2 Å². The third-order valence-electron chi connectivity index (χ3n) is 1.77. The van der Waals surface area contributed by atoms with Crippen LogP contribution in [0.25, 0.3) is 0 Å². The van der Waals surface area contributed by atoms with Gasteiger partial charge in [0.05, 0.1) is 19.8 Å². The fourth-order valence-corrected chi connectivity index (χ4v) is 1.88. The maximum Gasteiger partial charge on any atom is 0.0700 e. The van der Waals surface area contributed by atoms with Gasteiger partial charge in [-0.25, -0.2) is 0 Å². The van der Waals surface area contributed by atoms with Crippen molar-refractivity contribution in [1.29, 1.82) is 0 Å². The van der Waals surface area contributed by atoms with Crippen LogP contribution < -0.4 is 0 Å². The normalized spacial score (nSPS) is 10.7. The Balaban J connectivity index is 2.78. The summed E-state index contributed by atoms with van der Waals surface area (Å²) in [4.78, 5) is 0. The second kappa shape index (κ2) is 14.4. The molecule has 0 heterocycles. The zero-order chi connectivity index (χ0) is 10.5. The summed E-state index contributed by atoms with van der Waals surface area (Å²) in [6.45, 7) is 3.24.